The van der Waals surface area contributed by atoms with Crippen LogP contribution >= 0.6 is 15.9 Å². The fourth-order valence-corrected chi connectivity index (χ4v) is 3.05. The molecule has 1 aromatic rings. The van der Waals surface area contributed by atoms with Crippen molar-refractivity contribution in [3.8, 4) is 0 Å². The van der Waals surface area contributed by atoms with E-state index in [-0.39, 0.29) is 0 Å². The molecule has 5 nitrogen and oxygen atoms in total. The van der Waals surface area contributed by atoms with Crippen LogP contribution in [0.15, 0.2) is 28.7 Å². The number of halogens is 1. The van der Waals surface area contributed by atoms with E-state index in [1.54, 1.807) is 13.0 Å². The van der Waals surface area contributed by atoms with Gasteiger partial charge >= 0.3 is 5.97 Å². The summed E-state index contributed by atoms with van der Waals surface area (Å²) >= 11 is 3.30. The topological polar surface area (TPSA) is 83.5 Å². The number of hydrogen-bond donors (Lipinski definition) is 2. The molecule has 0 aliphatic heterocycles. The van der Waals surface area contributed by atoms with Crippen LogP contribution in [-0.2, 0) is 14.8 Å². The van der Waals surface area contributed by atoms with Crippen LogP contribution in [0, 0.1) is 0 Å². The van der Waals surface area contributed by atoms with E-state index in [4.69, 9.17) is 5.11 Å². The second kappa shape index (κ2) is 6.31. The van der Waals surface area contributed by atoms with Gasteiger partial charge in [0.05, 0.1) is 12.2 Å². The Balaban J connectivity index is 2.69. The molecule has 0 radical (unpaired) electrons. The van der Waals surface area contributed by atoms with Crippen molar-refractivity contribution in [3.05, 3.63) is 34.3 Å². The highest BCUT2D eigenvalue weighted by Crippen LogP contribution is 2.18. The molecule has 18 heavy (non-hydrogen) atoms. The molecule has 0 bridgehead atoms. The average molecular weight is 336 g/mol. The Labute approximate surface area is 114 Å². The second-order valence-corrected chi connectivity index (χ2v) is 6.65. The zero-order valence-electron chi connectivity index (χ0n) is 9.76. The highest BCUT2D eigenvalue weighted by Gasteiger charge is 2.17. The van der Waals surface area contributed by atoms with Crippen LogP contribution < -0.4 is 4.72 Å². The van der Waals surface area contributed by atoms with Gasteiger partial charge in [0.15, 0.2) is 0 Å². The molecule has 0 spiro atoms. The average Bonchev–Trinajstić information content (AvgIpc) is 2.26. The number of carboxylic acid groups (broad SMARTS) is 1. The first-order valence-corrected chi connectivity index (χ1v) is 7.72. The Bertz CT molecular complexity index is 530. The third kappa shape index (κ3) is 5.16. The second-order valence-electron chi connectivity index (χ2n) is 3.86. The standard InChI is InChI=1S/C11H14BrNO4S/c1-8(9-3-2-4-10(12)7-9)13-18(16,17)6-5-11(14)15/h2-4,7-8,13H,5-6H2,1H3,(H,14,15). The predicted molar refractivity (Wildman–Crippen MR) is 71.7 cm³/mol. The number of hydrogen-bond acceptors (Lipinski definition) is 3. The van der Waals surface area contributed by atoms with Crippen molar-refractivity contribution in [2.45, 2.75) is 19.4 Å². The first-order chi connectivity index (χ1) is 8.30. The number of benzene rings is 1. The molecule has 0 aliphatic carbocycles. The van der Waals surface area contributed by atoms with Gasteiger partial charge in [-0.25, -0.2) is 13.1 Å². The lowest BCUT2D eigenvalue weighted by Gasteiger charge is -2.14. The van der Waals surface area contributed by atoms with E-state index in [0.29, 0.717) is 0 Å². The Morgan fingerprint density at radius 1 is 1.50 bits per heavy atom. The zero-order chi connectivity index (χ0) is 13.8. The molecule has 1 rings (SSSR count). The highest BCUT2D eigenvalue weighted by atomic mass is 79.9. The summed E-state index contributed by atoms with van der Waals surface area (Å²) in [6, 6.07) is 6.86. The number of sulfonamides is 1. The highest BCUT2D eigenvalue weighted by molar-refractivity contribution is 9.10. The van der Waals surface area contributed by atoms with Crippen molar-refractivity contribution in [2.24, 2.45) is 0 Å². The lowest BCUT2D eigenvalue weighted by atomic mass is 10.1. The summed E-state index contributed by atoms with van der Waals surface area (Å²) in [5.74, 6) is -1.55. The van der Waals surface area contributed by atoms with Gasteiger partial charge in [-0.15, -0.1) is 0 Å². The lowest BCUT2D eigenvalue weighted by Crippen LogP contribution is -2.30. The molecule has 0 amide bonds. The summed E-state index contributed by atoms with van der Waals surface area (Å²) in [5, 5.41) is 8.47. The predicted octanol–water partition coefficient (Wildman–Crippen LogP) is 1.90. The van der Waals surface area contributed by atoms with Crippen LogP contribution in [0.4, 0.5) is 0 Å². The maximum atomic E-state index is 11.6. The molecule has 0 fully saturated rings. The van der Waals surface area contributed by atoms with Gasteiger partial charge in [0.1, 0.15) is 0 Å². The van der Waals surface area contributed by atoms with E-state index in [1.807, 2.05) is 18.2 Å². The van der Waals surface area contributed by atoms with Crippen molar-refractivity contribution in [1.82, 2.24) is 4.72 Å². The quantitative estimate of drug-likeness (QED) is 0.831. The minimum atomic E-state index is -3.58. The number of nitrogens with one attached hydrogen (secondary N) is 1. The van der Waals surface area contributed by atoms with Gasteiger partial charge in [0.25, 0.3) is 0 Å². The fraction of sp³-hybridized carbons (Fsp3) is 0.364. The molecule has 1 atom stereocenters. The molecule has 0 aliphatic rings. The van der Waals surface area contributed by atoms with Crippen LogP contribution in [0.1, 0.15) is 24.9 Å². The number of aliphatic carboxylic acids is 1. The van der Waals surface area contributed by atoms with Crippen molar-refractivity contribution < 1.29 is 18.3 Å². The lowest BCUT2D eigenvalue weighted by molar-refractivity contribution is -0.136. The molecule has 0 saturated carbocycles. The summed E-state index contributed by atoms with van der Waals surface area (Å²) < 4.78 is 26.5. The van der Waals surface area contributed by atoms with E-state index < -0.39 is 34.2 Å². The minimum Gasteiger partial charge on any atom is -0.481 e. The van der Waals surface area contributed by atoms with E-state index in [0.717, 1.165) is 10.0 Å². The van der Waals surface area contributed by atoms with Gasteiger partial charge in [-0.2, -0.15) is 0 Å². The summed E-state index contributed by atoms with van der Waals surface area (Å²) in [5.41, 5.74) is 0.809. The summed E-state index contributed by atoms with van der Waals surface area (Å²) in [6.45, 7) is 1.71. The van der Waals surface area contributed by atoms with E-state index >= 15 is 0 Å². The van der Waals surface area contributed by atoms with E-state index in [1.165, 1.54) is 0 Å². The largest absolute Gasteiger partial charge is 0.481 e. The van der Waals surface area contributed by atoms with Gasteiger partial charge in [-0.1, -0.05) is 28.1 Å². The molecular weight excluding hydrogens is 322 g/mol. The van der Waals surface area contributed by atoms with Crippen LogP contribution in [0.5, 0.6) is 0 Å². The third-order valence-electron chi connectivity index (χ3n) is 2.29. The minimum absolute atomic E-state index is 0.402. The maximum absolute atomic E-state index is 11.6. The van der Waals surface area contributed by atoms with Gasteiger partial charge in [-0.3, -0.25) is 4.79 Å². The Kier molecular flexibility index (Phi) is 5.30. The number of carbonyl (C=O) groups is 1. The Morgan fingerprint density at radius 3 is 2.72 bits per heavy atom. The first-order valence-electron chi connectivity index (χ1n) is 5.27. The molecule has 1 aromatic carbocycles. The molecule has 0 aromatic heterocycles. The molecule has 1 unspecified atom stereocenters. The number of carboxylic acids is 1. The summed E-state index contributed by atoms with van der Waals surface area (Å²) in [7, 11) is -3.58. The van der Waals surface area contributed by atoms with E-state index in [2.05, 4.69) is 20.7 Å². The fourth-order valence-electron chi connectivity index (χ4n) is 1.39. The first kappa shape index (κ1) is 15.1. The Morgan fingerprint density at radius 2 is 2.17 bits per heavy atom. The summed E-state index contributed by atoms with van der Waals surface area (Å²) in [6.07, 6.45) is -0.402. The number of rotatable bonds is 6. The van der Waals surface area contributed by atoms with Crippen LogP contribution in [0.2, 0.25) is 0 Å². The van der Waals surface area contributed by atoms with Crippen molar-refractivity contribution >= 4 is 31.9 Å². The van der Waals surface area contributed by atoms with Crippen LogP contribution in [-0.4, -0.2) is 25.2 Å². The molecule has 0 saturated heterocycles. The molecule has 2 N–H and O–H groups in total. The Hall–Kier alpha value is -0.920. The smallest absolute Gasteiger partial charge is 0.304 e. The monoisotopic (exact) mass is 335 g/mol. The third-order valence-corrected chi connectivity index (χ3v) is 4.24. The van der Waals surface area contributed by atoms with Gasteiger partial charge in [-0.05, 0) is 24.6 Å². The van der Waals surface area contributed by atoms with Crippen LogP contribution in [0.25, 0.3) is 0 Å². The maximum Gasteiger partial charge on any atom is 0.304 e. The zero-order valence-corrected chi connectivity index (χ0v) is 12.2. The van der Waals surface area contributed by atoms with Crippen LogP contribution in [0.3, 0.4) is 0 Å². The van der Waals surface area contributed by atoms with Crippen molar-refractivity contribution in [1.29, 1.82) is 0 Å². The molecule has 100 valence electrons. The summed E-state index contributed by atoms with van der Waals surface area (Å²) in [4.78, 5) is 10.3. The molecular formula is C11H14BrNO4S. The van der Waals surface area contributed by atoms with Gasteiger partial charge in [0.2, 0.25) is 10.0 Å². The van der Waals surface area contributed by atoms with Gasteiger partial charge in [0, 0.05) is 10.5 Å². The molecule has 0 heterocycles. The molecule has 7 heteroatoms. The SMILES string of the molecule is CC(NS(=O)(=O)CCC(=O)O)c1cccc(Br)c1. The van der Waals surface area contributed by atoms with Crippen molar-refractivity contribution in [3.63, 3.8) is 0 Å². The van der Waals surface area contributed by atoms with Gasteiger partial charge < -0.3 is 5.11 Å². The normalized spacial score (nSPS) is 13.2. The van der Waals surface area contributed by atoms with Crippen molar-refractivity contribution in [2.75, 3.05) is 5.75 Å². The van der Waals surface area contributed by atoms with E-state index in [9.17, 15) is 13.2 Å².